The molecule has 2 aromatic carbocycles. The second-order valence-electron chi connectivity index (χ2n) is 8.98. The van der Waals surface area contributed by atoms with E-state index in [-0.39, 0.29) is 29.0 Å². The average Bonchev–Trinajstić information content (AvgIpc) is 3.15. The van der Waals surface area contributed by atoms with E-state index in [0.29, 0.717) is 23.5 Å². The predicted octanol–water partition coefficient (Wildman–Crippen LogP) is 6.04. The molecule has 0 bridgehead atoms. The highest BCUT2D eigenvalue weighted by Crippen LogP contribution is 2.46. The monoisotopic (exact) mass is 528 g/mol. The molecule has 0 saturated heterocycles. The number of benzene rings is 2. The maximum Gasteiger partial charge on any atom is 0.319 e. The second kappa shape index (κ2) is 12.1. The fourth-order valence-electron chi connectivity index (χ4n) is 4.33. The van der Waals surface area contributed by atoms with Crippen molar-refractivity contribution in [3.63, 3.8) is 0 Å². The van der Waals surface area contributed by atoms with Gasteiger partial charge in [0.15, 0.2) is 17.5 Å². The molecule has 1 saturated carbocycles. The number of nitrogens with one attached hydrogen (secondary N) is 1. The average molecular weight is 529 g/mol. The zero-order valence-corrected chi connectivity index (χ0v) is 21.0. The van der Waals surface area contributed by atoms with Crippen molar-refractivity contribution in [1.29, 1.82) is 0 Å². The SMILES string of the molecule is CC(COC(=O)CN)CC1CCC(C)C1Sc1cc(C(=O)Nc2cc(F)c(F)c(F)c2)ccc1Cl. The van der Waals surface area contributed by atoms with E-state index in [4.69, 9.17) is 22.1 Å². The molecule has 0 heterocycles. The van der Waals surface area contributed by atoms with Gasteiger partial charge in [0, 0.05) is 33.5 Å². The minimum absolute atomic E-state index is 0.140. The Labute approximate surface area is 211 Å². The Bertz CT molecular complexity index is 1060. The van der Waals surface area contributed by atoms with Gasteiger partial charge in [-0.3, -0.25) is 9.59 Å². The smallest absolute Gasteiger partial charge is 0.319 e. The normalized spacial score (nSPS) is 20.5. The van der Waals surface area contributed by atoms with Crippen LogP contribution in [-0.2, 0) is 9.53 Å². The molecule has 0 aliphatic heterocycles. The summed E-state index contributed by atoms with van der Waals surface area (Å²) in [6, 6.07) is 6.21. The molecule has 4 atom stereocenters. The molecule has 35 heavy (non-hydrogen) atoms. The van der Waals surface area contributed by atoms with Gasteiger partial charge >= 0.3 is 5.97 Å². The third-order valence-corrected chi connectivity index (χ3v) is 8.27. The van der Waals surface area contributed by atoms with Gasteiger partial charge in [-0.05, 0) is 55.2 Å². The maximum absolute atomic E-state index is 13.5. The van der Waals surface area contributed by atoms with Crippen LogP contribution in [-0.4, -0.2) is 30.3 Å². The summed E-state index contributed by atoms with van der Waals surface area (Å²) < 4.78 is 45.3. The van der Waals surface area contributed by atoms with Gasteiger partial charge < -0.3 is 15.8 Å². The quantitative estimate of drug-likeness (QED) is 0.306. The first-order valence-corrected chi connectivity index (χ1v) is 12.6. The van der Waals surface area contributed by atoms with Crippen molar-refractivity contribution < 1.29 is 27.5 Å². The first-order chi connectivity index (χ1) is 16.6. The number of carbonyl (C=O) groups is 2. The van der Waals surface area contributed by atoms with Crippen LogP contribution in [0.15, 0.2) is 35.2 Å². The zero-order valence-electron chi connectivity index (χ0n) is 19.5. The highest BCUT2D eigenvalue weighted by Gasteiger charge is 2.35. The Morgan fingerprint density at radius 1 is 1.20 bits per heavy atom. The third kappa shape index (κ3) is 7.15. The van der Waals surface area contributed by atoms with Crippen molar-refractivity contribution >= 4 is 40.9 Å². The van der Waals surface area contributed by atoms with E-state index < -0.39 is 29.3 Å². The van der Waals surface area contributed by atoms with Crippen molar-refractivity contribution in [3.05, 3.63) is 58.4 Å². The molecule has 1 fully saturated rings. The number of ether oxygens (including phenoxy) is 1. The number of amides is 1. The van der Waals surface area contributed by atoms with E-state index in [0.717, 1.165) is 36.3 Å². The summed E-state index contributed by atoms with van der Waals surface area (Å²) >= 11 is 8.04. The van der Waals surface area contributed by atoms with Crippen LogP contribution in [0.4, 0.5) is 18.9 Å². The van der Waals surface area contributed by atoms with E-state index >= 15 is 0 Å². The van der Waals surface area contributed by atoms with Gasteiger partial charge in [-0.2, -0.15) is 0 Å². The standard InChI is InChI=1S/C25H28ClF3N2O3S/c1-13(12-34-22(32)11-30)7-15-4-3-14(2)24(15)35-21-8-16(5-6-18(21)26)25(33)31-17-9-19(27)23(29)20(28)10-17/h5-6,8-10,13-15,24H,3-4,7,11-12,30H2,1-2H3,(H,31,33). The summed E-state index contributed by atoms with van der Waals surface area (Å²) in [6.07, 6.45) is 2.96. The summed E-state index contributed by atoms with van der Waals surface area (Å²) in [7, 11) is 0. The van der Waals surface area contributed by atoms with E-state index in [2.05, 4.69) is 12.2 Å². The number of rotatable bonds is 9. The molecule has 2 aromatic rings. The van der Waals surface area contributed by atoms with Gasteiger partial charge in [-0.15, -0.1) is 11.8 Å². The lowest BCUT2D eigenvalue weighted by molar-refractivity contribution is -0.143. The number of hydrogen-bond donors (Lipinski definition) is 2. The molecule has 1 aliphatic carbocycles. The van der Waals surface area contributed by atoms with Crippen LogP contribution < -0.4 is 11.1 Å². The number of hydrogen-bond acceptors (Lipinski definition) is 5. The maximum atomic E-state index is 13.5. The molecule has 1 amide bonds. The predicted molar refractivity (Wildman–Crippen MR) is 131 cm³/mol. The second-order valence-corrected chi connectivity index (χ2v) is 10.6. The van der Waals surface area contributed by atoms with E-state index in [1.54, 1.807) is 23.9 Å². The molecule has 4 unspecified atom stereocenters. The first-order valence-electron chi connectivity index (χ1n) is 11.4. The van der Waals surface area contributed by atoms with Crippen molar-refractivity contribution in [1.82, 2.24) is 0 Å². The summed E-state index contributed by atoms with van der Waals surface area (Å²) in [4.78, 5) is 24.8. The van der Waals surface area contributed by atoms with Crippen molar-refractivity contribution in [2.45, 2.75) is 43.3 Å². The van der Waals surface area contributed by atoms with Gasteiger partial charge in [0.05, 0.1) is 18.2 Å². The number of anilines is 1. The lowest BCUT2D eigenvalue weighted by Gasteiger charge is -2.25. The van der Waals surface area contributed by atoms with E-state index in [9.17, 15) is 22.8 Å². The molecule has 190 valence electrons. The van der Waals surface area contributed by atoms with Crippen LogP contribution in [0.2, 0.25) is 5.02 Å². The number of nitrogens with two attached hydrogens (primary N) is 1. The lowest BCUT2D eigenvalue weighted by Crippen LogP contribution is -2.23. The molecule has 10 heteroatoms. The van der Waals surface area contributed by atoms with Gasteiger partial charge in [-0.25, -0.2) is 13.2 Å². The lowest BCUT2D eigenvalue weighted by atomic mass is 9.94. The Morgan fingerprint density at radius 3 is 2.54 bits per heavy atom. The van der Waals surface area contributed by atoms with E-state index in [1.165, 1.54) is 6.07 Å². The Balaban J connectivity index is 1.70. The van der Waals surface area contributed by atoms with Crippen LogP contribution in [0.5, 0.6) is 0 Å². The highest BCUT2D eigenvalue weighted by molar-refractivity contribution is 8.00. The summed E-state index contributed by atoms with van der Waals surface area (Å²) in [6.45, 7) is 4.39. The number of thioether (sulfide) groups is 1. The van der Waals surface area contributed by atoms with E-state index in [1.807, 2.05) is 6.92 Å². The molecular weight excluding hydrogens is 501 g/mol. The Morgan fingerprint density at radius 2 is 1.89 bits per heavy atom. The minimum atomic E-state index is -1.60. The highest BCUT2D eigenvalue weighted by atomic mass is 35.5. The molecule has 3 N–H and O–H groups in total. The number of carbonyl (C=O) groups excluding carboxylic acids is 2. The Kier molecular flexibility index (Phi) is 9.49. The summed E-state index contributed by atoms with van der Waals surface area (Å²) in [5.74, 6) is -4.42. The van der Waals surface area contributed by atoms with Crippen molar-refractivity contribution in [2.24, 2.45) is 23.5 Å². The molecule has 0 radical (unpaired) electrons. The van der Waals surface area contributed by atoms with Gasteiger partial charge in [0.2, 0.25) is 0 Å². The fourth-order valence-corrected chi connectivity index (χ4v) is 6.05. The third-order valence-electron chi connectivity index (χ3n) is 6.12. The molecule has 1 aliphatic rings. The van der Waals surface area contributed by atoms with Crippen LogP contribution in [0.3, 0.4) is 0 Å². The van der Waals surface area contributed by atoms with Gasteiger partial charge in [-0.1, -0.05) is 25.4 Å². The molecule has 0 aromatic heterocycles. The molecular formula is C25H28ClF3N2O3S. The Hall–Kier alpha value is -2.23. The van der Waals surface area contributed by atoms with Gasteiger partial charge in [0.25, 0.3) is 5.91 Å². The molecule has 0 spiro atoms. The van der Waals surface area contributed by atoms with Crippen LogP contribution >= 0.6 is 23.4 Å². The largest absolute Gasteiger partial charge is 0.464 e. The molecule has 3 rings (SSSR count). The molecule has 5 nitrogen and oxygen atoms in total. The number of halogens is 4. The summed E-state index contributed by atoms with van der Waals surface area (Å²) in [5, 5.41) is 3.13. The minimum Gasteiger partial charge on any atom is -0.464 e. The van der Waals surface area contributed by atoms with Crippen molar-refractivity contribution in [3.8, 4) is 0 Å². The zero-order chi connectivity index (χ0) is 25.7. The van der Waals surface area contributed by atoms with Crippen molar-refractivity contribution in [2.75, 3.05) is 18.5 Å². The van der Waals surface area contributed by atoms with Gasteiger partial charge in [0.1, 0.15) is 0 Å². The first kappa shape index (κ1) is 27.4. The summed E-state index contributed by atoms with van der Waals surface area (Å²) in [5.41, 5.74) is 5.36. The fraction of sp³-hybridized carbons (Fsp3) is 0.440. The van der Waals surface area contributed by atoms with Crippen LogP contribution in [0.25, 0.3) is 0 Å². The topological polar surface area (TPSA) is 81.4 Å². The van der Waals surface area contributed by atoms with Crippen LogP contribution in [0, 0.1) is 35.2 Å². The number of esters is 1. The van der Waals surface area contributed by atoms with Crippen LogP contribution in [0.1, 0.15) is 43.5 Å².